The molecule has 0 aromatic rings. The molecular weight excluding hydrogens is 245 g/mol. The maximum Gasteiger partial charge on any atom is 0.404 e. The van der Waals surface area contributed by atoms with Crippen LogP contribution in [0.15, 0.2) is 0 Å². The molecule has 2 heterocycles. The second kappa shape index (κ2) is 4.72. The monoisotopic (exact) mass is 264 g/mol. The van der Waals surface area contributed by atoms with Crippen LogP contribution in [-0.2, 0) is 4.79 Å². The first-order valence-corrected chi connectivity index (χ1v) is 6.47. The first-order valence-electron chi connectivity index (χ1n) is 6.47. The van der Waals surface area contributed by atoms with Crippen LogP contribution in [0.25, 0.3) is 0 Å². The van der Waals surface area contributed by atoms with Crippen molar-refractivity contribution < 1.29 is 18.0 Å². The molecule has 0 aromatic heterocycles. The Hall–Kier alpha value is -0.780. The van der Waals surface area contributed by atoms with Crippen LogP contribution in [0.5, 0.6) is 0 Å². The summed E-state index contributed by atoms with van der Waals surface area (Å²) >= 11 is 0. The van der Waals surface area contributed by atoms with Crippen LogP contribution in [0, 0.1) is 5.41 Å². The number of nitrogens with zero attached hydrogens (tertiary/aromatic N) is 1. The Balaban J connectivity index is 2.23. The number of hydrogen-bond acceptors (Lipinski definition) is 2. The van der Waals surface area contributed by atoms with E-state index in [4.69, 9.17) is 0 Å². The average molecular weight is 264 g/mol. The minimum absolute atomic E-state index is 0.0777. The zero-order valence-electron chi connectivity index (χ0n) is 10.5. The molecule has 0 spiro atoms. The molecule has 18 heavy (non-hydrogen) atoms. The normalized spacial score (nSPS) is 33.8. The number of carbonyl (C=O) groups excluding carboxylic acids is 1. The lowest BCUT2D eigenvalue weighted by atomic mass is 9.83. The number of nitrogens with one attached hydrogen (secondary N) is 1. The van der Waals surface area contributed by atoms with E-state index in [1.807, 2.05) is 6.92 Å². The van der Waals surface area contributed by atoms with Gasteiger partial charge in [0.1, 0.15) is 0 Å². The van der Waals surface area contributed by atoms with Gasteiger partial charge in [-0.1, -0.05) is 0 Å². The summed E-state index contributed by atoms with van der Waals surface area (Å²) in [6.07, 6.45) is -2.02. The minimum Gasteiger partial charge on any atom is -0.339 e. The Morgan fingerprint density at radius 1 is 1.39 bits per heavy atom. The molecule has 0 aromatic carbocycles. The fourth-order valence-electron chi connectivity index (χ4n) is 2.91. The van der Waals surface area contributed by atoms with Crippen LogP contribution in [-0.4, -0.2) is 42.7 Å². The summed E-state index contributed by atoms with van der Waals surface area (Å²) in [5.41, 5.74) is -2.20. The largest absolute Gasteiger partial charge is 0.404 e. The molecule has 0 bridgehead atoms. The maximum absolute atomic E-state index is 13.3. The Kier molecular flexibility index (Phi) is 3.58. The van der Waals surface area contributed by atoms with Crippen LogP contribution in [0.2, 0.25) is 0 Å². The molecule has 6 heteroatoms. The zero-order valence-corrected chi connectivity index (χ0v) is 10.5. The van der Waals surface area contributed by atoms with E-state index in [9.17, 15) is 18.0 Å². The van der Waals surface area contributed by atoms with E-state index >= 15 is 0 Å². The van der Waals surface area contributed by atoms with Crippen LogP contribution < -0.4 is 5.32 Å². The predicted molar refractivity (Wildman–Crippen MR) is 61.0 cm³/mol. The van der Waals surface area contributed by atoms with Crippen molar-refractivity contribution in [2.45, 2.75) is 44.8 Å². The molecule has 0 radical (unpaired) electrons. The fraction of sp³-hybridized carbons (Fsp3) is 0.917. The summed E-state index contributed by atoms with van der Waals surface area (Å²) < 4.78 is 39.8. The Bertz CT molecular complexity index is 324. The number of alkyl halides is 3. The predicted octanol–water partition coefficient (Wildman–Crippen LogP) is 1.93. The maximum atomic E-state index is 13.3. The van der Waals surface area contributed by atoms with Crippen LogP contribution >= 0.6 is 0 Å². The van der Waals surface area contributed by atoms with Gasteiger partial charge in [0.25, 0.3) is 0 Å². The molecule has 0 aliphatic carbocycles. The molecule has 2 atom stereocenters. The van der Waals surface area contributed by atoms with E-state index in [0.717, 1.165) is 19.3 Å². The highest BCUT2D eigenvalue weighted by molar-refractivity contribution is 5.84. The number of carbonyl (C=O) groups is 1. The van der Waals surface area contributed by atoms with E-state index in [-0.39, 0.29) is 25.6 Å². The molecule has 0 saturated carbocycles. The van der Waals surface area contributed by atoms with Gasteiger partial charge < -0.3 is 10.2 Å². The molecule has 2 unspecified atom stereocenters. The van der Waals surface area contributed by atoms with Gasteiger partial charge in [-0.05, 0) is 39.2 Å². The highest BCUT2D eigenvalue weighted by atomic mass is 19.4. The van der Waals surface area contributed by atoms with Crippen LogP contribution in [0.3, 0.4) is 0 Å². The molecule has 104 valence electrons. The number of rotatable bonds is 1. The third kappa shape index (κ3) is 2.11. The van der Waals surface area contributed by atoms with Gasteiger partial charge in [-0.15, -0.1) is 0 Å². The summed E-state index contributed by atoms with van der Waals surface area (Å²) in [6, 6.07) is -0.0777. The molecule has 2 fully saturated rings. The number of halogens is 3. The third-order valence-corrected chi connectivity index (χ3v) is 4.17. The van der Waals surface area contributed by atoms with E-state index in [0.29, 0.717) is 6.54 Å². The average Bonchev–Trinajstić information content (AvgIpc) is 2.78. The Labute approximate surface area is 105 Å². The lowest BCUT2D eigenvalue weighted by molar-refractivity contribution is -0.223. The van der Waals surface area contributed by atoms with Gasteiger partial charge in [0.2, 0.25) is 5.91 Å². The topological polar surface area (TPSA) is 32.3 Å². The van der Waals surface area contributed by atoms with E-state index in [1.165, 1.54) is 4.90 Å². The number of likely N-dealkylation sites (tertiary alicyclic amines) is 1. The summed E-state index contributed by atoms with van der Waals surface area (Å²) in [4.78, 5) is 13.8. The van der Waals surface area contributed by atoms with Crippen molar-refractivity contribution in [3.8, 4) is 0 Å². The van der Waals surface area contributed by atoms with E-state index in [1.54, 1.807) is 0 Å². The second-order valence-corrected chi connectivity index (χ2v) is 5.35. The van der Waals surface area contributed by atoms with Crippen LogP contribution in [0.1, 0.15) is 32.6 Å². The van der Waals surface area contributed by atoms with Crippen molar-refractivity contribution in [1.29, 1.82) is 0 Å². The van der Waals surface area contributed by atoms with Crippen LogP contribution in [0.4, 0.5) is 13.2 Å². The summed E-state index contributed by atoms with van der Waals surface area (Å²) in [7, 11) is 0. The molecule has 1 amide bonds. The summed E-state index contributed by atoms with van der Waals surface area (Å²) in [6.45, 7) is 2.27. The van der Waals surface area contributed by atoms with Gasteiger partial charge >= 0.3 is 6.18 Å². The molecule has 3 nitrogen and oxygen atoms in total. The lowest BCUT2D eigenvalue weighted by Crippen LogP contribution is -2.56. The van der Waals surface area contributed by atoms with Crippen molar-refractivity contribution in [2.75, 3.05) is 19.6 Å². The fourth-order valence-corrected chi connectivity index (χ4v) is 2.91. The molecular formula is C12H19F3N2O. The first kappa shape index (κ1) is 13.6. The number of amides is 1. The van der Waals surface area contributed by atoms with Gasteiger partial charge in [-0.25, -0.2) is 0 Å². The summed E-state index contributed by atoms with van der Waals surface area (Å²) in [5.74, 6) is -0.729. The van der Waals surface area contributed by atoms with E-state index in [2.05, 4.69) is 5.32 Å². The van der Waals surface area contributed by atoms with Gasteiger partial charge in [-0.3, -0.25) is 4.79 Å². The first-order chi connectivity index (χ1) is 8.38. The van der Waals surface area contributed by atoms with Crippen molar-refractivity contribution in [1.82, 2.24) is 10.2 Å². The quantitative estimate of drug-likeness (QED) is 0.785. The van der Waals surface area contributed by atoms with Crippen molar-refractivity contribution in [3.05, 3.63) is 0 Å². The van der Waals surface area contributed by atoms with Crippen molar-refractivity contribution >= 4 is 5.91 Å². The zero-order chi connectivity index (χ0) is 13.4. The van der Waals surface area contributed by atoms with Crippen molar-refractivity contribution in [2.24, 2.45) is 5.41 Å². The Morgan fingerprint density at radius 2 is 2.11 bits per heavy atom. The third-order valence-electron chi connectivity index (χ3n) is 4.17. The standard InChI is InChI=1S/C12H19F3N2O/c1-9-4-2-3-7-17(9)10(18)11(12(13,14)15)5-6-16-8-11/h9,16H,2-8H2,1H3. The van der Waals surface area contributed by atoms with Gasteiger partial charge in [0.15, 0.2) is 5.41 Å². The molecule has 2 aliphatic rings. The molecule has 2 saturated heterocycles. The highest BCUT2D eigenvalue weighted by Gasteiger charge is 2.62. The minimum atomic E-state index is -4.47. The SMILES string of the molecule is CC1CCCCN1C(=O)C1(C(F)(F)F)CCNC1. The lowest BCUT2D eigenvalue weighted by Gasteiger charge is -2.40. The van der Waals surface area contributed by atoms with E-state index < -0.39 is 17.5 Å². The van der Waals surface area contributed by atoms with Gasteiger partial charge in [0.05, 0.1) is 0 Å². The molecule has 1 N–H and O–H groups in total. The number of hydrogen-bond donors (Lipinski definition) is 1. The van der Waals surface area contributed by atoms with Crippen molar-refractivity contribution in [3.63, 3.8) is 0 Å². The Morgan fingerprint density at radius 3 is 2.61 bits per heavy atom. The second-order valence-electron chi connectivity index (χ2n) is 5.35. The number of piperidine rings is 1. The smallest absolute Gasteiger partial charge is 0.339 e. The van der Waals surface area contributed by atoms with Gasteiger partial charge in [0, 0.05) is 19.1 Å². The summed E-state index contributed by atoms with van der Waals surface area (Å²) in [5, 5.41) is 2.69. The highest BCUT2D eigenvalue weighted by Crippen LogP contribution is 2.45. The molecule has 2 aliphatic heterocycles. The molecule has 2 rings (SSSR count). The van der Waals surface area contributed by atoms with Gasteiger partial charge in [-0.2, -0.15) is 13.2 Å².